The molecule has 0 aliphatic heterocycles. The van der Waals surface area contributed by atoms with E-state index in [1.54, 1.807) is 0 Å². The van der Waals surface area contributed by atoms with Gasteiger partial charge in [-0.2, -0.15) is 0 Å². The van der Waals surface area contributed by atoms with Crippen molar-refractivity contribution in [2.24, 2.45) is 23.7 Å². The lowest BCUT2D eigenvalue weighted by Gasteiger charge is -2.21. The van der Waals surface area contributed by atoms with Crippen LogP contribution in [-0.4, -0.2) is 96.7 Å². The van der Waals surface area contributed by atoms with Crippen molar-refractivity contribution in [1.29, 1.82) is 0 Å². The highest BCUT2D eigenvalue weighted by Gasteiger charge is 2.30. The molecule has 576 valence electrons. The molecule has 0 radical (unpaired) electrons. The summed E-state index contributed by atoms with van der Waals surface area (Å²) >= 11 is 0. The van der Waals surface area contributed by atoms with Crippen LogP contribution in [0.25, 0.3) is 0 Å². The van der Waals surface area contributed by atoms with E-state index in [2.05, 4.69) is 55.4 Å². The number of rotatable bonds is 75. The lowest BCUT2D eigenvalue weighted by molar-refractivity contribution is -0.161. The Kier molecular flexibility index (Phi) is 65.9. The average Bonchev–Trinajstić information content (AvgIpc) is 1.23. The van der Waals surface area contributed by atoms with Crippen molar-refractivity contribution in [3.05, 3.63) is 0 Å². The summed E-state index contributed by atoms with van der Waals surface area (Å²) in [5.41, 5.74) is 0. The molecule has 0 heterocycles. The Morgan fingerprint density at radius 3 is 0.732 bits per heavy atom. The highest BCUT2D eigenvalue weighted by Crippen LogP contribution is 2.45. The fraction of sp³-hybridized carbons (Fsp3) is 0.949. The molecule has 0 aromatic heterocycles. The molecule has 6 atom stereocenters. The molecule has 4 unspecified atom stereocenters. The molecule has 0 aromatic carbocycles. The second-order valence-electron chi connectivity index (χ2n) is 29.8. The molecule has 0 aromatic rings. The Hall–Kier alpha value is -1.94. The first-order valence-electron chi connectivity index (χ1n) is 40.2. The monoisotopic (exact) mass is 1420 g/mol. The van der Waals surface area contributed by atoms with Gasteiger partial charge in [0, 0.05) is 25.7 Å². The van der Waals surface area contributed by atoms with E-state index >= 15 is 0 Å². The Morgan fingerprint density at radius 2 is 0.495 bits per heavy atom. The minimum Gasteiger partial charge on any atom is -0.462 e. The van der Waals surface area contributed by atoms with E-state index in [9.17, 15) is 43.2 Å². The topological polar surface area (TPSA) is 237 Å². The van der Waals surface area contributed by atoms with Gasteiger partial charge in [-0.15, -0.1) is 0 Å². The predicted octanol–water partition coefficient (Wildman–Crippen LogP) is 22.8. The third kappa shape index (κ3) is 70.9. The zero-order chi connectivity index (χ0) is 71.7. The number of esters is 4. The van der Waals surface area contributed by atoms with Crippen molar-refractivity contribution >= 4 is 39.5 Å². The van der Waals surface area contributed by atoms with E-state index < -0.39 is 97.5 Å². The molecule has 0 rings (SSSR count). The van der Waals surface area contributed by atoms with Gasteiger partial charge in [0.15, 0.2) is 12.2 Å². The number of aliphatic hydroxyl groups excluding tert-OH is 1. The maximum absolute atomic E-state index is 13.1. The zero-order valence-corrected chi connectivity index (χ0v) is 65.5. The lowest BCUT2D eigenvalue weighted by atomic mass is 9.99. The van der Waals surface area contributed by atoms with Gasteiger partial charge in [-0.1, -0.05) is 344 Å². The molecule has 0 saturated heterocycles. The molecule has 17 nitrogen and oxygen atoms in total. The molecular weight excluding hydrogens is 1270 g/mol. The number of carbonyl (C=O) groups excluding carboxylic acids is 4. The van der Waals surface area contributed by atoms with Crippen LogP contribution in [0.3, 0.4) is 0 Å². The van der Waals surface area contributed by atoms with Crippen LogP contribution in [0.1, 0.15) is 396 Å². The van der Waals surface area contributed by atoms with Crippen LogP contribution in [0.5, 0.6) is 0 Å². The minimum atomic E-state index is -4.96. The summed E-state index contributed by atoms with van der Waals surface area (Å²) in [5, 5.41) is 10.6. The van der Waals surface area contributed by atoms with Gasteiger partial charge < -0.3 is 33.8 Å². The maximum Gasteiger partial charge on any atom is 0.472 e. The van der Waals surface area contributed by atoms with Crippen LogP contribution in [0.15, 0.2) is 0 Å². The molecule has 0 fully saturated rings. The number of carbonyl (C=O) groups is 4. The second-order valence-corrected chi connectivity index (χ2v) is 32.7. The summed E-state index contributed by atoms with van der Waals surface area (Å²) in [5.74, 6) is 0.971. The lowest BCUT2D eigenvalue weighted by Crippen LogP contribution is -2.30. The maximum atomic E-state index is 13.1. The predicted molar refractivity (Wildman–Crippen MR) is 395 cm³/mol. The average molecular weight is 1420 g/mol. The first kappa shape index (κ1) is 95.1. The van der Waals surface area contributed by atoms with E-state index in [1.165, 1.54) is 193 Å². The Balaban J connectivity index is 5.23. The van der Waals surface area contributed by atoms with Crippen molar-refractivity contribution in [3.8, 4) is 0 Å². The minimum absolute atomic E-state index is 0.106. The normalized spacial score (nSPS) is 14.4. The Morgan fingerprint density at radius 1 is 0.289 bits per heavy atom. The van der Waals surface area contributed by atoms with Crippen LogP contribution in [0.2, 0.25) is 0 Å². The quantitative estimate of drug-likeness (QED) is 0.0222. The molecule has 0 saturated carbocycles. The summed E-state index contributed by atoms with van der Waals surface area (Å²) < 4.78 is 68.6. The van der Waals surface area contributed by atoms with Gasteiger partial charge in [0.1, 0.15) is 19.3 Å². The molecule has 0 spiro atoms. The number of phosphoric ester groups is 2. The third-order valence-electron chi connectivity index (χ3n) is 18.4. The summed E-state index contributed by atoms with van der Waals surface area (Å²) in [7, 11) is -9.92. The Bertz CT molecular complexity index is 1900. The molecule has 0 aliphatic carbocycles. The summed E-state index contributed by atoms with van der Waals surface area (Å²) in [6.45, 7) is 14.2. The fourth-order valence-corrected chi connectivity index (χ4v) is 13.5. The first-order valence-corrected chi connectivity index (χ1v) is 43.2. The van der Waals surface area contributed by atoms with Crippen molar-refractivity contribution in [2.75, 3.05) is 39.6 Å². The van der Waals surface area contributed by atoms with Crippen molar-refractivity contribution in [2.45, 2.75) is 414 Å². The number of aliphatic hydroxyl groups is 1. The molecule has 0 aliphatic rings. The second kappa shape index (κ2) is 67.2. The summed E-state index contributed by atoms with van der Waals surface area (Å²) in [6.07, 6.45) is 52.7. The first-order chi connectivity index (χ1) is 46.6. The van der Waals surface area contributed by atoms with Crippen LogP contribution in [-0.2, 0) is 65.4 Å². The van der Waals surface area contributed by atoms with E-state index in [0.717, 1.165) is 114 Å². The number of unbranched alkanes of at least 4 members (excludes halogenated alkanes) is 40. The summed E-state index contributed by atoms with van der Waals surface area (Å²) in [6, 6.07) is 0. The van der Waals surface area contributed by atoms with Gasteiger partial charge in [0.2, 0.25) is 0 Å². The number of hydrogen-bond donors (Lipinski definition) is 3. The van der Waals surface area contributed by atoms with Crippen LogP contribution in [0.4, 0.5) is 0 Å². The van der Waals surface area contributed by atoms with E-state index in [0.29, 0.717) is 31.6 Å². The van der Waals surface area contributed by atoms with Gasteiger partial charge in [-0.3, -0.25) is 37.3 Å². The van der Waals surface area contributed by atoms with Gasteiger partial charge in [-0.25, -0.2) is 9.13 Å². The largest absolute Gasteiger partial charge is 0.472 e. The molecule has 97 heavy (non-hydrogen) atoms. The number of hydrogen-bond acceptors (Lipinski definition) is 15. The molecule has 19 heteroatoms. The number of phosphoric acid groups is 2. The van der Waals surface area contributed by atoms with Gasteiger partial charge in [0.05, 0.1) is 26.4 Å². The van der Waals surface area contributed by atoms with Crippen LogP contribution in [0, 0.1) is 23.7 Å². The Labute approximate surface area is 594 Å². The standard InChI is InChI=1S/C78H152O17P2/c1-9-71(8)57-49-41-33-25-19-15-11-13-17-21-27-36-45-53-60-77(82)94-73(64-88-75(80)58-50-42-34-28-22-24-31-39-47-55-69(4)5)66-92-96(84,85)90-62-72(79)63-91-97(86,87)93-67-74(65-89-76(81)59-51-43-37-29-32-40-48-56-70(6)7)95-78(83)61-52-44-35-26-20-16-12-10-14-18-23-30-38-46-54-68(2)3/h68-74,79H,9-67H2,1-8H3,(H,84,85)(H,86,87)/t71?,72?,73-,74-/m1/s1. The van der Waals surface area contributed by atoms with Gasteiger partial charge >= 0.3 is 39.5 Å². The van der Waals surface area contributed by atoms with Crippen molar-refractivity contribution < 1.29 is 80.2 Å². The van der Waals surface area contributed by atoms with E-state index in [1.807, 2.05) is 0 Å². The SMILES string of the molecule is CCC(C)CCCCCCCCCCCCCCCCC(=O)O[C@H](COC(=O)CCCCCCCCCCCC(C)C)COP(=O)(O)OCC(O)COP(=O)(O)OC[C@@H](COC(=O)CCCCCCCCCC(C)C)OC(=O)CCCCCCCCCCCCCCCCC(C)C. The highest BCUT2D eigenvalue weighted by molar-refractivity contribution is 7.47. The van der Waals surface area contributed by atoms with Gasteiger partial charge in [-0.05, 0) is 49.4 Å². The third-order valence-corrected chi connectivity index (χ3v) is 20.3. The van der Waals surface area contributed by atoms with E-state index in [-0.39, 0.29) is 25.7 Å². The molecule has 3 N–H and O–H groups in total. The number of ether oxygens (including phenoxy) is 4. The smallest absolute Gasteiger partial charge is 0.462 e. The summed E-state index contributed by atoms with van der Waals surface area (Å²) in [4.78, 5) is 72.9. The highest BCUT2D eigenvalue weighted by atomic mass is 31.2. The van der Waals surface area contributed by atoms with Crippen molar-refractivity contribution in [3.63, 3.8) is 0 Å². The zero-order valence-electron chi connectivity index (χ0n) is 63.7. The fourth-order valence-electron chi connectivity index (χ4n) is 11.9. The van der Waals surface area contributed by atoms with Crippen LogP contribution < -0.4 is 0 Å². The van der Waals surface area contributed by atoms with Crippen molar-refractivity contribution in [1.82, 2.24) is 0 Å². The molecule has 0 amide bonds. The molecule has 0 bridgehead atoms. The molecular formula is C78H152O17P2. The van der Waals surface area contributed by atoms with E-state index in [4.69, 9.17) is 37.0 Å². The van der Waals surface area contributed by atoms with Gasteiger partial charge in [0.25, 0.3) is 0 Å². The van der Waals surface area contributed by atoms with Crippen LogP contribution >= 0.6 is 15.6 Å².